The van der Waals surface area contributed by atoms with Crippen LogP contribution in [0.1, 0.15) is 16.2 Å². The SMILES string of the molecule is COc1ccc(NC(=O)CSc2nnc(CNC(=O)c3ccccc3F)n2-c2ccccc2OC)cc1. The van der Waals surface area contributed by atoms with Crippen LogP contribution in [0.15, 0.2) is 78.0 Å². The van der Waals surface area contributed by atoms with Crippen molar-refractivity contribution in [2.24, 2.45) is 0 Å². The van der Waals surface area contributed by atoms with Gasteiger partial charge in [0.1, 0.15) is 17.3 Å². The van der Waals surface area contributed by atoms with Gasteiger partial charge < -0.3 is 20.1 Å². The molecule has 0 spiro atoms. The first-order valence-electron chi connectivity index (χ1n) is 11.2. The van der Waals surface area contributed by atoms with Crippen LogP contribution in [0.3, 0.4) is 0 Å². The molecule has 190 valence electrons. The van der Waals surface area contributed by atoms with E-state index in [2.05, 4.69) is 20.8 Å². The lowest BCUT2D eigenvalue weighted by Crippen LogP contribution is -2.25. The summed E-state index contributed by atoms with van der Waals surface area (Å²) in [5.74, 6) is 0.235. The number of carbonyl (C=O) groups is 2. The van der Waals surface area contributed by atoms with E-state index < -0.39 is 11.7 Å². The van der Waals surface area contributed by atoms with Crippen LogP contribution in [0.5, 0.6) is 11.5 Å². The highest BCUT2D eigenvalue weighted by atomic mass is 32.2. The summed E-state index contributed by atoms with van der Waals surface area (Å²) >= 11 is 1.17. The molecule has 4 rings (SSSR count). The van der Waals surface area contributed by atoms with Gasteiger partial charge in [0.05, 0.1) is 37.8 Å². The molecule has 0 aliphatic rings. The molecule has 0 bridgehead atoms. The molecule has 0 saturated carbocycles. The van der Waals surface area contributed by atoms with E-state index in [0.717, 1.165) is 0 Å². The van der Waals surface area contributed by atoms with Crippen LogP contribution >= 0.6 is 11.8 Å². The maximum absolute atomic E-state index is 14.0. The Kier molecular flexibility index (Phi) is 8.37. The second kappa shape index (κ2) is 12.0. The summed E-state index contributed by atoms with van der Waals surface area (Å²) in [5, 5.41) is 14.4. The number of methoxy groups -OCH3 is 2. The zero-order valence-electron chi connectivity index (χ0n) is 20.1. The van der Waals surface area contributed by atoms with Crippen LogP contribution in [-0.4, -0.2) is 46.6 Å². The predicted molar refractivity (Wildman–Crippen MR) is 138 cm³/mol. The van der Waals surface area contributed by atoms with E-state index in [0.29, 0.717) is 33.9 Å². The number of nitrogens with zero attached hydrogens (tertiary/aromatic N) is 3. The maximum atomic E-state index is 14.0. The summed E-state index contributed by atoms with van der Waals surface area (Å²) in [6.45, 7) is -0.0309. The number of thioether (sulfide) groups is 1. The van der Waals surface area contributed by atoms with Gasteiger partial charge in [0.25, 0.3) is 5.91 Å². The van der Waals surface area contributed by atoms with E-state index in [4.69, 9.17) is 9.47 Å². The molecule has 0 unspecified atom stereocenters. The third-order valence-electron chi connectivity index (χ3n) is 5.26. The van der Waals surface area contributed by atoms with Gasteiger partial charge in [0.2, 0.25) is 5.91 Å². The topological polar surface area (TPSA) is 107 Å². The zero-order valence-corrected chi connectivity index (χ0v) is 20.9. The Balaban J connectivity index is 1.53. The molecule has 0 atom stereocenters. The Bertz CT molecular complexity index is 1390. The summed E-state index contributed by atoms with van der Waals surface area (Å²) in [5.41, 5.74) is 1.19. The van der Waals surface area contributed by atoms with E-state index in [1.54, 1.807) is 48.1 Å². The predicted octanol–water partition coefficient (Wildman–Crippen LogP) is 4.08. The smallest absolute Gasteiger partial charge is 0.254 e. The molecule has 0 radical (unpaired) electrons. The Morgan fingerprint density at radius 3 is 2.41 bits per heavy atom. The number of hydrogen-bond donors (Lipinski definition) is 2. The van der Waals surface area contributed by atoms with Crippen molar-refractivity contribution in [3.05, 3.63) is 90.0 Å². The van der Waals surface area contributed by atoms with Crippen molar-refractivity contribution >= 4 is 29.3 Å². The van der Waals surface area contributed by atoms with Crippen LogP contribution in [0.4, 0.5) is 10.1 Å². The van der Waals surface area contributed by atoms with Crippen molar-refractivity contribution in [3.8, 4) is 17.2 Å². The molecular formula is C26H24FN5O4S. The molecule has 9 nitrogen and oxygen atoms in total. The average Bonchev–Trinajstić information content (AvgIpc) is 3.33. The van der Waals surface area contributed by atoms with Gasteiger partial charge in [-0.2, -0.15) is 0 Å². The molecule has 3 aromatic carbocycles. The fourth-order valence-electron chi connectivity index (χ4n) is 3.47. The fraction of sp³-hybridized carbons (Fsp3) is 0.154. The lowest BCUT2D eigenvalue weighted by molar-refractivity contribution is -0.113. The van der Waals surface area contributed by atoms with E-state index in [1.165, 1.54) is 37.1 Å². The van der Waals surface area contributed by atoms with Crippen LogP contribution in [0.25, 0.3) is 5.69 Å². The summed E-state index contributed by atoms with van der Waals surface area (Å²) in [6.07, 6.45) is 0. The van der Waals surface area contributed by atoms with Gasteiger partial charge in [0.15, 0.2) is 11.0 Å². The lowest BCUT2D eigenvalue weighted by atomic mass is 10.2. The largest absolute Gasteiger partial charge is 0.497 e. The number of rotatable bonds is 10. The molecule has 1 heterocycles. The first kappa shape index (κ1) is 25.7. The highest BCUT2D eigenvalue weighted by molar-refractivity contribution is 7.99. The van der Waals surface area contributed by atoms with Crippen molar-refractivity contribution in [1.29, 1.82) is 0 Å². The minimum atomic E-state index is -0.620. The minimum absolute atomic E-state index is 0.0309. The van der Waals surface area contributed by atoms with Crippen LogP contribution in [-0.2, 0) is 11.3 Å². The summed E-state index contributed by atoms with van der Waals surface area (Å²) in [4.78, 5) is 25.1. The summed E-state index contributed by atoms with van der Waals surface area (Å²) < 4.78 is 26.4. The summed E-state index contributed by atoms with van der Waals surface area (Å²) in [7, 11) is 3.11. The molecule has 1 aromatic heterocycles. The van der Waals surface area contributed by atoms with Crippen LogP contribution < -0.4 is 20.1 Å². The molecule has 0 aliphatic heterocycles. The van der Waals surface area contributed by atoms with Gasteiger partial charge in [-0.3, -0.25) is 14.2 Å². The third kappa shape index (κ3) is 6.25. The van der Waals surface area contributed by atoms with Gasteiger partial charge in [-0.1, -0.05) is 36.0 Å². The number of hydrogen-bond acceptors (Lipinski definition) is 7. The number of aromatic nitrogens is 3. The van der Waals surface area contributed by atoms with Crippen LogP contribution in [0.2, 0.25) is 0 Å². The Hall–Kier alpha value is -4.38. The Morgan fingerprint density at radius 2 is 1.68 bits per heavy atom. The highest BCUT2D eigenvalue weighted by Crippen LogP contribution is 2.29. The van der Waals surface area contributed by atoms with Gasteiger partial charge >= 0.3 is 0 Å². The second-order valence-corrected chi connectivity index (χ2v) is 8.58. The van der Waals surface area contributed by atoms with Crippen LogP contribution in [0, 0.1) is 5.82 Å². The number of carbonyl (C=O) groups excluding carboxylic acids is 2. The highest BCUT2D eigenvalue weighted by Gasteiger charge is 2.20. The molecular weight excluding hydrogens is 497 g/mol. The molecule has 2 N–H and O–H groups in total. The van der Waals surface area contributed by atoms with Crippen molar-refractivity contribution in [3.63, 3.8) is 0 Å². The minimum Gasteiger partial charge on any atom is -0.497 e. The van der Waals surface area contributed by atoms with Crippen molar-refractivity contribution < 1.29 is 23.5 Å². The molecule has 2 amide bonds. The molecule has 37 heavy (non-hydrogen) atoms. The number of para-hydroxylation sites is 2. The molecule has 0 aliphatic carbocycles. The van der Waals surface area contributed by atoms with Crippen molar-refractivity contribution in [1.82, 2.24) is 20.1 Å². The summed E-state index contributed by atoms with van der Waals surface area (Å²) in [6, 6.07) is 20.0. The van der Waals surface area contributed by atoms with Gasteiger partial charge in [-0.25, -0.2) is 4.39 Å². The van der Waals surface area contributed by atoms with E-state index in [9.17, 15) is 14.0 Å². The Morgan fingerprint density at radius 1 is 0.946 bits per heavy atom. The Labute approximate surface area is 217 Å². The van der Waals surface area contributed by atoms with Gasteiger partial charge in [0, 0.05) is 5.69 Å². The number of benzene rings is 3. The van der Waals surface area contributed by atoms with E-state index in [1.807, 2.05) is 18.2 Å². The molecule has 0 fully saturated rings. The number of amides is 2. The van der Waals surface area contributed by atoms with E-state index >= 15 is 0 Å². The second-order valence-electron chi connectivity index (χ2n) is 7.63. The number of halogens is 1. The number of nitrogens with one attached hydrogen (secondary N) is 2. The number of ether oxygens (including phenoxy) is 2. The average molecular weight is 522 g/mol. The molecule has 0 saturated heterocycles. The zero-order chi connectivity index (χ0) is 26.2. The molecule has 11 heteroatoms. The molecule has 4 aromatic rings. The van der Waals surface area contributed by atoms with Crippen molar-refractivity contribution in [2.45, 2.75) is 11.7 Å². The van der Waals surface area contributed by atoms with Gasteiger partial charge in [-0.05, 0) is 48.5 Å². The number of anilines is 1. The van der Waals surface area contributed by atoms with Gasteiger partial charge in [-0.15, -0.1) is 10.2 Å². The first-order chi connectivity index (χ1) is 18.0. The fourth-order valence-corrected chi connectivity index (χ4v) is 4.23. The normalized spacial score (nSPS) is 10.6. The van der Waals surface area contributed by atoms with E-state index in [-0.39, 0.29) is 23.8 Å². The van der Waals surface area contributed by atoms with Crippen molar-refractivity contribution in [2.75, 3.05) is 25.3 Å². The first-order valence-corrected chi connectivity index (χ1v) is 12.2. The third-order valence-corrected chi connectivity index (χ3v) is 6.19. The lowest BCUT2D eigenvalue weighted by Gasteiger charge is -2.14. The quantitative estimate of drug-likeness (QED) is 0.303. The standard InChI is InChI=1S/C26H24FN5O4S/c1-35-18-13-11-17(12-14-18)29-24(33)16-37-26-31-30-23(32(26)21-9-5-6-10-22(21)36-2)15-28-25(34)19-7-3-4-8-20(19)27/h3-14H,15-16H2,1-2H3,(H,28,34)(H,29,33). The monoisotopic (exact) mass is 521 g/mol. The maximum Gasteiger partial charge on any atom is 0.254 e.